The Kier molecular flexibility index (Phi) is 5.96. The summed E-state index contributed by atoms with van der Waals surface area (Å²) in [4.78, 5) is 11.6. The Bertz CT molecular complexity index is 153. The number of carbonyl (C=O) groups is 1. The van der Waals surface area contributed by atoms with Crippen LogP contribution in [-0.4, -0.2) is 28.3 Å². The summed E-state index contributed by atoms with van der Waals surface area (Å²) in [7, 11) is 0. The van der Waals surface area contributed by atoms with Crippen molar-refractivity contribution in [2.75, 3.05) is 17.3 Å². The second-order valence-corrected chi connectivity index (χ2v) is 5.82. The largest absolute Gasteiger partial charge is 0.298 e. The maximum atomic E-state index is 11.6. The maximum Gasteiger partial charge on any atom is 0.146 e. The van der Waals surface area contributed by atoms with Gasteiger partial charge in [0.15, 0.2) is 0 Å². The van der Waals surface area contributed by atoms with E-state index in [0.29, 0.717) is 11.0 Å². The number of ketones is 1. The lowest BCUT2D eigenvalue weighted by Gasteiger charge is -2.19. The van der Waals surface area contributed by atoms with Crippen LogP contribution in [0.25, 0.3) is 0 Å². The van der Waals surface area contributed by atoms with Gasteiger partial charge in [-0.1, -0.05) is 19.8 Å². The van der Waals surface area contributed by atoms with Gasteiger partial charge in [0.05, 0.1) is 5.25 Å². The van der Waals surface area contributed by atoms with E-state index in [-0.39, 0.29) is 0 Å². The van der Waals surface area contributed by atoms with Crippen LogP contribution in [0.2, 0.25) is 0 Å². The minimum atomic E-state index is 0.315. The molecule has 1 saturated heterocycles. The molecule has 1 aliphatic rings. The third-order valence-electron chi connectivity index (χ3n) is 2.20. The molecule has 1 fully saturated rings. The Morgan fingerprint density at radius 3 is 2.85 bits per heavy atom. The molecule has 0 N–H and O–H groups in total. The summed E-state index contributed by atoms with van der Waals surface area (Å²) >= 11 is 3.79. The van der Waals surface area contributed by atoms with Crippen LogP contribution in [0.5, 0.6) is 0 Å². The molecule has 0 aromatic heterocycles. The number of unbranched alkanes of at least 4 members (excludes halogenated alkanes) is 2. The second-order valence-electron chi connectivity index (χ2n) is 3.36. The number of hydrogen-bond acceptors (Lipinski definition) is 3. The minimum absolute atomic E-state index is 0.315. The highest BCUT2D eigenvalue weighted by molar-refractivity contribution is 8.07. The van der Waals surface area contributed by atoms with Crippen molar-refractivity contribution in [3.8, 4) is 0 Å². The fourth-order valence-electron chi connectivity index (χ4n) is 1.38. The van der Waals surface area contributed by atoms with Gasteiger partial charge in [-0.2, -0.15) is 11.8 Å². The Balaban J connectivity index is 2.13. The van der Waals surface area contributed by atoms with Crippen molar-refractivity contribution in [1.29, 1.82) is 0 Å². The average molecular weight is 218 g/mol. The molecule has 76 valence electrons. The monoisotopic (exact) mass is 218 g/mol. The first-order valence-corrected chi connectivity index (χ1v) is 7.27. The van der Waals surface area contributed by atoms with Crippen molar-refractivity contribution in [2.45, 2.75) is 37.9 Å². The molecule has 1 nitrogen and oxygen atoms in total. The Morgan fingerprint density at radius 2 is 2.23 bits per heavy atom. The highest BCUT2D eigenvalue weighted by Gasteiger charge is 2.20. The first-order chi connectivity index (χ1) is 6.34. The van der Waals surface area contributed by atoms with Gasteiger partial charge in [-0.3, -0.25) is 4.79 Å². The zero-order valence-corrected chi connectivity index (χ0v) is 9.88. The zero-order chi connectivity index (χ0) is 9.52. The molecule has 0 amide bonds. The fourth-order valence-corrected chi connectivity index (χ4v) is 4.07. The minimum Gasteiger partial charge on any atom is -0.298 e. The fraction of sp³-hybridized carbons (Fsp3) is 0.900. The van der Waals surface area contributed by atoms with Crippen molar-refractivity contribution in [3.05, 3.63) is 0 Å². The van der Waals surface area contributed by atoms with Crippen molar-refractivity contribution >= 4 is 29.3 Å². The van der Waals surface area contributed by atoms with E-state index in [2.05, 4.69) is 6.92 Å². The average Bonchev–Trinajstić information content (AvgIpc) is 2.19. The molecule has 0 bridgehead atoms. The molecule has 0 saturated carbocycles. The molecular formula is C10H18OS2. The summed E-state index contributed by atoms with van der Waals surface area (Å²) in [5, 5.41) is 0.315. The molecular weight excluding hydrogens is 200 g/mol. The number of thioether (sulfide) groups is 2. The zero-order valence-electron chi connectivity index (χ0n) is 8.25. The SMILES string of the molecule is CCCCCC(=O)C1CSCCS1. The third-order valence-corrected chi connectivity index (χ3v) is 5.00. The molecule has 13 heavy (non-hydrogen) atoms. The highest BCUT2D eigenvalue weighted by atomic mass is 32.2. The van der Waals surface area contributed by atoms with E-state index in [9.17, 15) is 4.79 Å². The molecule has 1 atom stereocenters. The number of carbonyl (C=O) groups excluding carboxylic acids is 1. The lowest BCUT2D eigenvalue weighted by Crippen LogP contribution is -2.23. The number of Topliss-reactive ketones (excluding diaryl/α,β-unsaturated/α-hetero) is 1. The molecule has 3 heteroatoms. The van der Waals surface area contributed by atoms with Gasteiger partial charge < -0.3 is 0 Å². The first-order valence-electron chi connectivity index (χ1n) is 5.06. The summed E-state index contributed by atoms with van der Waals surface area (Å²) in [6.07, 6.45) is 4.32. The Hall–Kier alpha value is 0.370. The summed E-state index contributed by atoms with van der Waals surface area (Å²) in [6.45, 7) is 2.18. The van der Waals surface area contributed by atoms with Crippen molar-refractivity contribution in [1.82, 2.24) is 0 Å². The highest BCUT2D eigenvalue weighted by Crippen LogP contribution is 2.25. The molecule has 0 aromatic carbocycles. The van der Waals surface area contributed by atoms with Gasteiger partial charge in [0, 0.05) is 23.7 Å². The van der Waals surface area contributed by atoms with Gasteiger partial charge >= 0.3 is 0 Å². The summed E-state index contributed by atoms with van der Waals surface area (Å²) in [5.41, 5.74) is 0. The van der Waals surface area contributed by atoms with Crippen LogP contribution in [0.3, 0.4) is 0 Å². The molecule has 0 radical (unpaired) electrons. The summed E-state index contributed by atoms with van der Waals surface area (Å²) in [6, 6.07) is 0. The normalized spacial score (nSPS) is 23.0. The second kappa shape index (κ2) is 6.77. The van der Waals surface area contributed by atoms with Crippen LogP contribution >= 0.6 is 23.5 Å². The predicted molar refractivity (Wildman–Crippen MR) is 62.7 cm³/mol. The maximum absolute atomic E-state index is 11.6. The lowest BCUT2D eigenvalue weighted by molar-refractivity contribution is -0.118. The Labute approximate surface area is 89.4 Å². The van der Waals surface area contributed by atoms with Crippen LogP contribution < -0.4 is 0 Å². The smallest absolute Gasteiger partial charge is 0.146 e. The Morgan fingerprint density at radius 1 is 1.38 bits per heavy atom. The van der Waals surface area contributed by atoms with E-state index in [1.807, 2.05) is 23.5 Å². The van der Waals surface area contributed by atoms with Crippen molar-refractivity contribution < 1.29 is 4.79 Å². The van der Waals surface area contributed by atoms with Crippen LogP contribution in [0.4, 0.5) is 0 Å². The van der Waals surface area contributed by atoms with Crippen LogP contribution in [-0.2, 0) is 4.79 Å². The van der Waals surface area contributed by atoms with Crippen LogP contribution in [0, 0.1) is 0 Å². The van der Waals surface area contributed by atoms with Gasteiger partial charge in [0.2, 0.25) is 0 Å². The molecule has 0 spiro atoms. The number of hydrogen-bond donors (Lipinski definition) is 0. The lowest BCUT2D eigenvalue weighted by atomic mass is 10.1. The van der Waals surface area contributed by atoms with Crippen molar-refractivity contribution in [2.24, 2.45) is 0 Å². The van der Waals surface area contributed by atoms with Gasteiger partial charge in [0.25, 0.3) is 0 Å². The van der Waals surface area contributed by atoms with E-state index >= 15 is 0 Å². The van der Waals surface area contributed by atoms with E-state index in [4.69, 9.17) is 0 Å². The van der Waals surface area contributed by atoms with Crippen LogP contribution in [0.15, 0.2) is 0 Å². The van der Waals surface area contributed by atoms with Crippen LogP contribution in [0.1, 0.15) is 32.6 Å². The molecule has 0 aromatic rings. The molecule has 1 rings (SSSR count). The molecule has 0 aliphatic carbocycles. The molecule has 1 aliphatic heterocycles. The summed E-state index contributed by atoms with van der Waals surface area (Å²) in [5.74, 6) is 3.93. The quantitative estimate of drug-likeness (QED) is 0.660. The van der Waals surface area contributed by atoms with Gasteiger partial charge in [-0.25, -0.2) is 0 Å². The number of rotatable bonds is 5. The van der Waals surface area contributed by atoms with Gasteiger partial charge in [-0.05, 0) is 6.42 Å². The first kappa shape index (κ1) is 11.4. The summed E-state index contributed by atoms with van der Waals surface area (Å²) < 4.78 is 0. The topological polar surface area (TPSA) is 17.1 Å². The third kappa shape index (κ3) is 4.41. The van der Waals surface area contributed by atoms with Gasteiger partial charge in [-0.15, -0.1) is 11.8 Å². The van der Waals surface area contributed by atoms with E-state index in [0.717, 1.165) is 24.3 Å². The van der Waals surface area contributed by atoms with E-state index in [1.165, 1.54) is 18.6 Å². The van der Waals surface area contributed by atoms with E-state index in [1.54, 1.807) is 0 Å². The van der Waals surface area contributed by atoms with E-state index < -0.39 is 0 Å². The predicted octanol–water partition coefficient (Wildman–Crippen LogP) is 2.98. The van der Waals surface area contributed by atoms with Gasteiger partial charge in [0.1, 0.15) is 5.78 Å². The molecule has 1 unspecified atom stereocenters. The molecule has 1 heterocycles. The standard InChI is InChI=1S/C10H18OS2/c1-2-3-4-5-9(11)10-8-12-6-7-13-10/h10H,2-8H2,1H3. The van der Waals surface area contributed by atoms with Crippen molar-refractivity contribution in [3.63, 3.8) is 0 Å².